The van der Waals surface area contributed by atoms with Crippen LogP contribution in [0.3, 0.4) is 0 Å². The van der Waals surface area contributed by atoms with Gasteiger partial charge in [-0.25, -0.2) is 0 Å². The molecule has 0 saturated carbocycles. The monoisotopic (exact) mass is 260 g/mol. The minimum atomic E-state index is -2.18. The molecule has 0 aliphatic carbocycles. The highest BCUT2D eigenvalue weighted by atomic mass is 16.4. The minimum Gasteiger partial charge on any atom is -0.387 e. The van der Waals surface area contributed by atoms with E-state index in [1.807, 2.05) is 0 Å². The maximum atomic E-state index is 11.3. The van der Waals surface area contributed by atoms with Gasteiger partial charge in [-0.1, -0.05) is 6.58 Å². The van der Waals surface area contributed by atoms with Crippen LogP contribution in [-0.4, -0.2) is 62.6 Å². The van der Waals surface area contributed by atoms with E-state index in [1.165, 1.54) is 6.92 Å². The number of carbonyl (C=O) groups is 2. The standard InChI is InChI=1S/C10H16N2O6/c1-4(2)6(14)8(16)10(18)9(17)7(15)5(13)3-12-11/h3,5,7,9-10,13,15,17-18H,1,11H2,2H3. The minimum absolute atomic E-state index is 0.121. The number of carbonyl (C=O) groups excluding carboxylic acids is 2. The first-order valence-corrected chi connectivity index (χ1v) is 4.93. The second kappa shape index (κ2) is 6.97. The van der Waals surface area contributed by atoms with Crippen LogP contribution in [-0.2, 0) is 9.59 Å². The lowest BCUT2D eigenvalue weighted by Gasteiger charge is -2.23. The Morgan fingerprint density at radius 3 is 2.11 bits per heavy atom. The molecule has 0 rings (SSSR count). The second-order valence-electron chi connectivity index (χ2n) is 3.69. The van der Waals surface area contributed by atoms with E-state index in [1.54, 1.807) is 0 Å². The Bertz CT molecular complexity index is 367. The molecule has 0 amide bonds. The van der Waals surface area contributed by atoms with E-state index in [0.717, 1.165) is 0 Å². The van der Waals surface area contributed by atoms with Crippen LogP contribution in [0.2, 0.25) is 0 Å². The number of hydrogen-bond donors (Lipinski definition) is 5. The molecule has 0 fully saturated rings. The molecule has 6 N–H and O–H groups in total. The van der Waals surface area contributed by atoms with E-state index >= 15 is 0 Å². The van der Waals surface area contributed by atoms with Gasteiger partial charge in [0.05, 0.1) is 6.21 Å². The van der Waals surface area contributed by atoms with Crippen molar-refractivity contribution in [1.29, 1.82) is 0 Å². The Balaban J connectivity index is 4.78. The van der Waals surface area contributed by atoms with E-state index in [2.05, 4.69) is 11.7 Å². The van der Waals surface area contributed by atoms with Crippen LogP contribution in [0.5, 0.6) is 0 Å². The van der Waals surface area contributed by atoms with Crippen molar-refractivity contribution in [3.8, 4) is 0 Å². The molecule has 0 aromatic rings. The van der Waals surface area contributed by atoms with Crippen molar-refractivity contribution < 1.29 is 30.0 Å². The van der Waals surface area contributed by atoms with Gasteiger partial charge < -0.3 is 26.3 Å². The molecule has 0 heterocycles. The molecule has 102 valence electrons. The van der Waals surface area contributed by atoms with Gasteiger partial charge >= 0.3 is 0 Å². The molecule has 0 spiro atoms. The number of Topliss-reactive ketones (excluding diaryl/α,β-unsaturated/α-hetero) is 2. The summed E-state index contributed by atoms with van der Waals surface area (Å²) in [5, 5.41) is 40.3. The van der Waals surface area contributed by atoms with E-state index in [-0.39, 0.29) is 5.57 Å². The van der Waals surface area contributed by atoms with Crippen LogP contribution in [0, 0.1) is 0 Å². The molecule has 0 aliphatic rings. The highest BCUT2D eigenvalue weighted by Gasteiger charge is 2.36. The normalized spacial score (nSPS) is 18.1. The molecule has 8 heteroatoms. The largest absolute Gasteiger partial charge is 0.387 e. The van der Waals surface area contributed by atoms with Gasteiger partial charge in [0.2, 0.25) is 11.6 Å². The van der Waals surface area contributed by atoms with E-state index in [9.17, 15) is 30.0 Å². The number of ketones is 2. The number of nitrogens with zero attached hydrogens (tertiary/aromatic N) is 1. The summed E-state index contributed by atoms with van der Waals surface area (Å²) < 4.78 is 0. The summed E-state index contributed by atoms with van der Waals surface area (Å²) in [4.78, 5) is 22.5. The first kappa shape index (κ1) is 16.4. The molecular weight excluding hydrogens is 244 g/mol. The molecule has 4 atom stereocenters. The van der Waals surface area contributed by atoms with E-state index < -0.39 is 36.0 Å². The number of rotatable bonds is 7. The quantitative estimate of drug-likeness (QED) is 0.108. The SMILES string of the molecule is C=C(C)C(=O)C(=O)C(O)C(O)C(O)C(O)C=NN. The van der Waals surface area contributed by atoms with Gasteiger partial charge in [0.1, 0.15) is 24.4 Å². The van der Waals surface area contributed by atoms with Crippen molar-refractivity contribution in [2.45, 2.75) is 31.3 Å². The Labute approximate surface area is 103 Å². The van der Waals surface area contributed by atoms with Crippen LogP contribution in [0.4, 0.5) is 0 Å². The van der Waals surface area contributed by atoms with Gasteiger partial charge in [-0.2, -0.15) is 5.10 Å². The molecule has 18 heavy (non-hydrogen) atoms. The van der Waals surface area contributed by atoms with Crippen LogP contribution in [0.25, 0.3) is 0 Å². The third-order valence-corrected chi connectivity index (χ3v) is 2.14. The molecule has 0 aromatic carbocycles. The molecule has 8 nitrogen and oxygen atoms in total. The number of nitrogens with two attached hydrogens (primary N) is 1. The van der Waals surface area contributed by atoms with Gasteiger partial charge in [0.25, 0.3) is 0 Å². The third-order valence-electron chi connectivity index (χ3n) is 2.14. The Kier molecular flexibility index (Phi) is 6.34. The average molecular weight is 260 g/mol. The van der Waals surface area contributed by atoms with Crippen molar-refractivity contribution >= 4 is 17.8 Å². The van der Waals surface area contributed by atoms with Gasteiger partial charge in [-0.3, -0.25) is 9.59 Å². The van der Waals surface area contributed by atoms with Crippen molar-refractivity contribution in [2.24, 2.45) is 10.9 Å². The summed E-state index contributed by atoms with van der Waals surface area (Å²) in [6.07, 6.45) is -7.15. The lowest BCUT2D eigenvalue weighted by molar-refractivity contribution is -0.149. The van der Waals surface area contributed by atoms with Crippen LogP contribution >= 0.6 is 0 Å². The molecule has 0 bridgehead atoms. The Hall–Kier alpha value is -1.61. The van der Waals surface area contributed by atoms with Gasteiger partial charge in [0.15, 0.2) is 0 Å². The van der Waals surface area contributed by atoms with Crippen LogP contribution in [0.1, 0.15) is 6.92 Å². The number of hydrazone groups is 1. The fourth-order valence-electron chi connectivity index (χ4n) is 1.06. The van der Waals surface area contributed by atoms with Crippen molar-refractivity contribution in [3.05, 3.63) is 12.2 Å². The van der Waals surface area contributed by atoms with E-state index in [0.29, 0.717) is 6.21 Å². The van der Waals surface area contributed by atoms with Crippen molar-refractivity contribution in [2.75, 3.05) is 0 Å². The Morgan fingerprint density at radius 1 is 1.22 bits per heavy atom. The fraction of sp³-hybridized carbons (Fsp3) is 0.500. The zero-order valence-corrected chi connectivity index (χ0v) is 9.72. The summed E-state index contributed by atoms with van der Waals surface area (Å²) in [6.45, 7) is 4.47. The maximum Gasteiger partial charge on any atom is 0.234 e. The maximum absolute atomic E-state index is 11.3. The lowest BCUT2D eigenvalue weighted by Crippen LogP contribution is -2.49. The fourth-order valence-corrected chi connectivity index (χ4v) is 1.06. The average Bonchev–Trinajstić information content (AvgIpc) is 2.34. The molecule has 0 radical (unpaired) electrons. The third kappa shape index (κ3) is 4.00. The van der Waals surface area contributed by atoms with Crippen LogP contribution < -0.4 is 5.84 Å². The first-order chi connectivity index (χ1) is 8.23. The predicted octanol–water partition coefficient (Wildman–Crippen LogP) is -2.91. The smallest absolute Gasteiger partial charge is 0.234 e. The Morgan fingerprint density at radius 2 is 1.72 bits per heavy atom. The molecule has 0 saturated heterocycles. The lowest BCUT2D eigenvalue weighted by atomic mass is 9.97. The van der Waals surface area contributed by atoms with Crippen molar-refractivity contribution in [3.63, 3.8) is 0 Å². The zero-order chi connectivity index (χ0) is 14.5. The van der Waals surface area contributed by atoms with Gasteiger partial charge in [-0.05, 0) is 12.5 Å². The van der Waals surface area contributed by atoms with E-state index in [4.69, 9.17) is 5.84 Å². The summed E-state index contributed by atoms with van der Waals surface area (Å²) >= 11 is 0. The number of allylic oxidation sites excluding steroid dienone is 1. The molecule has 0 aliphatic heterocycles. The highest BCUT2D eigenvalue weighted by Crippen LogP contribution is 2.07. The second-order valence-corrected chi connectivity index (χ2v) is 3.69. The highest BCUT2D eigenvalue weighted by molar-refractivity contribution is 6.44. The molecule has 4 unspecified atom stereocenters. The summed E-state index contributed by atoms with van der Waals surface area (Å²) in [5.41, 5.74) is -0.121. The number of aliphatic hydroxyl groups excluding tert-OH is 4. The van der Waals surface area contributed by atoms with Crippen LogP contribution in [0.15, 0.2) is 17.3 Å². The zero-order valence-electron chi connectivity index (χ0n) is 9.72. The summed E-state index contributed by atoms with van der Waals surface area (Å²) in [5.74, 6) is 2.31. The number of hydrogen-bond acceptors (Lipinski definition) is 8. The molecular formula is C10H16N2O6. The van der Waals surface area contributed by atoms with Gasteiger partial charge in [-0.15, -0.1) is 0 Å². The summed E-state index contributed by atoms with van der Waals surface area (Å²) in [6, 6.07) is 0. The van der Waals surface area contributed by atoms with Gasteiger partial charge in [0, 0.05) is 0 Å². The predicted molar refractivity (Wildman–Crippen MR) is 61.5 cm³/mol. The summed E-state index contributed by atoms with van der Waals surface area (Å²) in [7, 11) is 0. The van der Waals surface area contributed by atoms with Crippen molar-refractivity contribution in [1.82, 2.24) is 0 Å². The first-order valence-electron chi connectivity index (χ1n) is 4.93. The topological polar surface area (TPSA) is 153 Å². The molecule has 0 aromatic heterocycles. The number of aliphatic hydroxyl groups is 4.